The standard InChI is InChI=1S/C20H34N2O2/c1-8-12-22(19(23)24-20(5,6)7)13-11-21-17(4)18-10-9-15(2)16(3)14-18/h9-10,14,17,21H,8,11-13H2,1-7H3. The first kappa shape index (κ1) is 20.5. The number of hydrogen-bond donors (Lipinski definition) is 1. The molecular weight excluding hydrogens is 300 g/mol. The smallest absolute Gasteiger partial charge is 0.410 e. The first-order valence-corrected chi connectivity index (χ1v) is 8.92. The Kier molecular flexibility index (Phi) is 7.74. The average Bonchev–Trinajstić information content (AvgIpc) is 2.47. The molecule has 0 saturated heterocycles. The minimum atomic E-state index is -0.455. The third kappa shape index (κ3) is 6.91. The summed E-state index contributed by atoms with van der Waals surface area (Å²) in [6.45, 7) is 16.3. The Morgan fingerprint density at radius 3 is 2.42 bits per heavy atom. The summed E-state index contributed by atoms with van der Waals surface area (Å²) in [5.74, 6) is 0. The number of carbonyl (C=O) groups is 1. The topological polar surface area (TPSA) is 41.6 Å². The molecule has 0 heterocycles. The Labute approximate surface area is 147 Å². The number of hydrogen-bond acceptors (Lipinski definition) is 3. The normalized spacial score (nSPS) is 12.8. The fourth-order valence-electron chi connectivity index (χ4n) is 2.46. The highest BCUT2D eigenvalue weighted by atomic mass is 16.6. The summed E-state index contributed by atoms with van der Waals surface area (Å²) in [6, 6.07) is 6.81. The maximum Gasteiger partial charge on any atom is 0.410 e. The molecule has 0 aliphatic heterocycles. The monoisotopic (exact) mass is 334 g/mol. The molecule has 1 N–H and O–H groups in total. The number of ether oxygens (including phenoxy) is 1. The van der Waals surface area contributed by atoms with Crippen molar-refractivity contribution < 1.29 is 9.53 Å². The summed E-state index contributed by atoms with van der Waals surface area (Å²) in [4.78, 5) is 14.0. The van der Waals surface area contributed by atoms with Crippen LogP contribution in [-0.4, -0.2) is 36.2 Å². The van der Waals surface area contributed by atoms with Gasteiger partial charge in [-0.15, -0.1) is 0 Å². The number of nitrogens with zero attached hydrogens (tertiary/aromatic N) is 1. The van der Waals surface area contributed by atoms with E-state index in [0.717, 1.165) is 13.0 Å². The van der Waals surface area contributed by atoms with Crippen LogP contribution in [0.5, 0.6) is 0 Å². The van der Waals surface area contributed by atoms with Crippen LogP contribution in [0.1, 0.15) is 63.8 Å². The molecular formula is C20H34N2O2. The van der Waals surface area contributed by atoms with E-state index in [1.54, 1.807) is 4.90 Å². The number of rotatable bonds is 7. The van der Waals surface area contributed by atoms with Gasteiger partial charge in [-0.2, -0.15) is 0 Å². The lowest BCUT2D eigenvalue weighted by atomic mass is 10.0. The van der Waals surface area contributed by atoms with Crippen molar-refractivity contribution in [2.45, 2.75) is 66.5 Å². The van der Waals surface area contributed by atoms with E-state index in [9.17, 15) is 4.79 Å². The minimum Gasteiger partial charge on any atom is -0.444 e. The van der Waals surface area contributed by atoms with Gasteiger partial charge in [-0.1, -0.05) is 25.1 Å². The zero-order chi connectivity index (χ0) is 18.3. The highest BCUT2D eigenvalue weighted by molar-refractivity contribution is 5.68. The molecule has 24 heavy (non-hydrogen) atoms. The average molecular weight is 335 g/mol. The van der Waals surface area contributed by atoms with E-state index >= 15 is 0 Å². The molecule has 0 aromatic heterocycles. The molecule has 1 aromatic rings. The summed E-state index contributed by atoms with van der Waals surface area (Å²) < 4.78 is 5.48. The van der Waals surface area contributed by atoms with Crippen molar-refractivity contribution >= 4 is 6.09 Å². The minimum absolute atomic E-state index is 0.231. The number of amides is 1. The van der Waals surface area contributed by atoms with Gasteiger partial charge in [-0.05, 0) is 64.7 Å². The lowest BCUT2D eigenvalue weighted by Crippen LogP contribution is -2.41. The molecule has 0 fully saturated rings. The Bertz CT molecular complexity index is 535. The second-order valence-electron chi connectivity index (χ2n) is 7.49. The first-order valence-electron chi connectivity index (χ1n) is 8.92. The second-order valence-corrected chi connectivity index (χ2v) is 7.49. The Morgan fingerprint density at radius 2 is 1.88 bits per heavy atom. The van der Waals surface area contributed by atoms with Gasteiger partial charge in [-0.25, -0.2) is 4.79 Å². The van der Waals surface area contributed by atoms with Crippen molar-refractivity contribution in [3.05, 3.63) is 34.9 Å². The third-order valence-electron chi connectivity index (χ3n) is 4.01. The molecule has 0 spiro atoms. The van der Waals surface area contributed by atoms with E-state index in [0.29, 0.717) is 13.1 Å². The molecule has 1 unspecified atom stereocenters. The lowest BCUT2D eigenvalue weighted by molar-refractivity contribution is 0.0251. The molecule has 0 aliphatic rings. The largest absolute Gasteiger partial charge is 0.444 e. The van der Waals surface area contributed by atoms with Gasteiger partial charge in [-0.3, -0.25) is 0 Å². The third-order valence-corrected chi connectivity index (χ3v) is 4.01. The number of benzene rings is 1. The molecule has 1 rings (SSSR count). The highest BCUT2D eigenvalue weighted by Gasteiger charge is 2.21. The molecule has 4 nitrogen and oxygen atoms in total. The van der Waals surface area contributed by atoms with Gasteiger partial charge in [0.15, 0.2) is 0 Å². The van der Waals surface area contributed by atoms with Crippen LogP contribution in [0, 0.1) is 13.8 Å². The first-order chi connectivity index (χ1) is 11.1. The van der Waals surface area contributed by atoms with E-state index in [4.69, 9.17) is 4.74 Å². The molecule has 1 aromatic carbocycles. The Morgan fingerprint density at radius 1 is 1.21 bits per heavy atom. The van der Waals surface area contributed by atoms with Crippen molar-refractivity contribution in [3.63, 3.8) is 0 Å². The predicted molar refractivity (Wildman–Crippen MR) is 100 cm³/mol. The van der Waals surface area contributed by atoms with Gasteiger partial charge in [0.05, 0.1) is 0 Å². The van der Waals surface area contributed by atoms with Gasteiger partial charge >= 0.3 is 6.09 Å². The van der Waals surface area contributed by atoms with Crippen LogP contribution in [0.2, 0.25) is 0 Å². The maximum absolute atomic E-state index is 12.3. The fraction of sp³-hybridized carbons (Fsp3) is 0.650. The van der Waals surface area contributed by atoms with Crippen LogP contribution < -0.4 is 5.32 Å². The molecule has 1 atom stereocenters. The molecule has 136 valence electrons. The maximum atomic E-state index is 12.3. The van der Waals surface area contributed by atoms with E-state index in [1.807, 2.05) is 20.8 Å². The molecule has 0 bridgehead atoms. The zero-order valence-electron chi connectivity index (χ0n) is 16.4. The lowest BCUT2D eigenvalue weighted by Gasteiger charge is -2.27. The molecule has 0 saturated carbocycles. The van der Waals surface area contributed by atoms with Gasteiger partial charge in [0.25, 0.3) is 0 Å². The molecule has 4 heteroatoms. The number of aryl methyl sites for hydroxylation is 2. The van der Waals surface area contributed by atoms with Crippen molar-refractivity contribution in [3.8, 4) is 0 Å². The van der Waals surface area contributed by atoms with Crippen molar-refractivity contribution in [1.29, 1.82) is 0 Å². The summed E-state index contributed by atoms with van der Waals surface area (Å²) in [6.07, 6.45) is 0.691. The van der Waals surface area contributed by atoms with Gasteiger partial charge in [0.1, 0.15) is 5.60 Å². The van der Waals surface area contributed by atoms with Gasteiger partial charge in [0.2, 0.25) is 0 Å². The molecule has 0 aliphatic carbocycles. The van der Waals surface area contributed by atoms with Crippen LogP contribution in [0.15, 0.2) is 18.2 Å². The number of carbonyl (C=O) groups excluding carboxylic acids is 1. The van der Waals surface area contributed by atoms with Crippen molar-refractivity contribution in [2.24, 2.45) is 0 Å². The van der Waals surface area contributed by atoms with Crippen LogP contribution in [0.25, 0.3) is 0 Å². The van der Waals surface area contributed by atoms with Crippen LogP contribution in [0.3, 0.4) is 0 Å². The van der Waals surface area contributed by atoms with E-state index < -0.39 is 5.60 Å². The molecule has 0 radical (unpaired) electrons. The van der Waals surface area contributed by atoms with Crippen molar-refractivity contribution in [1.82, 2.24) is 10.2 Å². The fourth-order valence-corrected chi connectivity index (χ4v) is 2.46. The zero-order valence-corrected chi connectivity index (χ0v) is 16.4. The predicted octanol–water partition coefficient (Wildman–Crippen LogP) is 4.60. The SMILES string of the molecule is CCCN(CCNC(C)c1ccc(C)c(C)c1)C(=O)OC(C)(C)C. The van der Waals surface area contributed by atoms with Crippen LogP contribution >= 0.6 is 0 Å². The van der Waals surface area contributed by atoms with Gasteiger partial charge < -0.3 is 15.0 Å². The molecule has 1 amide bonds. The van der Waals surface area contributed by atoms with E-state index in [2.05, 4.69) is 51.2 Å². The summed E-state index contributed by atoms with van der Waals surface area (Å²) >= 11 is 0. The Hall–Kier alpha value is -1.55. The summed E-state index contributed by atoms with van der Waals surface area (Å²) in [7, 11) is 0. The second kappa shape index (κ2) is 9.07. The van der Waals surface area contributed by atoms with E-state index in [1.165, 1.54) is 16.7 Å². The van der Waals surface area contributed by atoms with Crippen molar-refractivity contribution in [2.75, 3.05) is 19.6 Å². The number of nitrogens with one attached hydrogen (secondary N) is 1. The highest BCUT2D eigenvalue weighted by Crippen LogP contribution is 2.16. The summed E-state index contributed by atoms with van der Waals surface area (Å²) in [5.41, 5.74) is 3.44. The summed E-state index contributed by atoms with van der Waals surface area (Å²) in [5, 5.41) is 3.50. The Balaban J connectivity index is 2.55. The van der Waals surface area contributed by atoms with Gasteiger partial charge in [0, 0.05) is 25.7 Å². The quantitative estimate of drug-likeness (QED) is 0.792. The van der Waals surface area contributed by atoms with E-state index in [-0.39, 0.29) is 12.1 Å². The van der Waals surface area contributed by atoms with Crippen LogP contribution in [-0.2, 0) is 4.74 Å². The van der Waals surface area contributed by atoms with Crippen LogP contribution in [0.4, 0.5) is 4.79 Å².